The van der Waals surface area contributed by atoms with Crippen LogP contribution in [0.2, 0.25) is 0 Å². The molecule has 0 radical (unpaired) electrons. The summed E-state index contributed by atoms with van der Waals surface area (Å²) in [6, 6.07) is 4.44. The number of H-pyrrole nitrogens is 1. The molecule has 1 aromatic heterocycles. The summed E-state index contributed by atoms with van der Waals surface area (Å²) in [7, 11) is 1.30. The van der Waals surface area contributed by atoms with Gasteiger partial charge in [-0.15, -0.1) is 0 Å². The molecule has 3 atom stereocenters. The van der Waals surface area contributed by atoms with Crippen LogP contribution in [0.3, 0.4) is 0 Å². The van der Waals surface area contributed by atoms with Crippen molar-refractivity contribution in [3.05, 3.63) is 53.4 Å². The maximum atomic E-state index is 13.9. The van der Waals surface area contributed by atoms with Gasteiger partial charge in [-0.2, -0.15) is 0 Å². The molecule has 0 unspecified atom stereocenters. The van der Waals surface area contributed by atoms with E-state index in [0.717, 1.165) is 5.69 Å². The molecule has 8 heteroatoms. The van der Waals surface area contributed by atoms with Crippen LogP contribution >= 0.6 is 0 Å². The van der Waals surface area contributed by atoms with Crippen molar-refractivity contribution >= 4 is 12.0 Å². The van der Waals surface area contributed by atoms with E-state index in [2.05, 4.69) is 15.3 Å². The highest BCUT2D eigenvalue weighted by Gasteiger charge is 2.36. The molecule has 2 heterocycles. The molecule has 0 aliphatic carbocycles. The molecule has 0 spiro atoms. The number of urea groups is 1. The number of amides is 2. The zero-order valence-corrected chi connectivity index (χ0v) is 16.2. The van der Waals surface area contributed by atoms with Crippen LogP contribution in [0, 0.1) is 11.7 Å². The van der Waals surface area contributed by atoms with Crippen molar-refractivity contribution in [2.75, 3.05) is 13.7 Å². The minimum atomic E-state index is -0.753. The van der Waals surface area contributed by atoms with E-state index in [9.17, 15) is 14.0 Å². The van der Waals surface area contributed by atoms with Crippen LogP contribution in [0.4, 0.5) is 9.18 Å². The normalized spacial score (nSPS) is 18.1. The molecule has 7 nitrogen and oxygen atoms in total. The van der Waals surface area contributed by atoms with Gasteiger partial charge in [-0.25, -0.2) is 19.0 Å². The lowest BCUT2D eigenvalue weighted by atomic mass is 9.95. The lowest BCUT2D eigenvalue weighted by molar-refractivity contribution is -0.144. The molecule has 1 aliphatic rings. The number of halogens is 1. The second-order valence-electron chi connectivity index (χ2n) is 7.00. The van der Waals surface area contributed by atoms with Crippen LogP contribution in [0.15, 0.2) is 30.6 Å². The summed E-state index contributed by atoms with van der Waals surface area (Å²) in [5.41, 5.74) is 2.23. The summed E-state index contributed by atoms with van der Waals surface area (Å²) < 4.78 is 18.7. The van der Waals surface area contributed by atoms with E-state index in [1.807, 2.05) is 13.8 Å². The second kappa shape index (κ2) is 8.41. The zero-order valence-electron chi connectivity index (χ0n) is 16.2. The molecule has 0 saturated carbocycles. The Morgan fingerprint density at radius 2 is 2.25 bits per heavy atom. The molecule has 2 aromatic rings. The summed E-state index contributed by atoms with van der Waals surface area (Å²) in [4.78, 5) is 34.3. The monoisotopic (exact) mass is 388 g/mol. The highest BCUT2D eigenvalue weighted by atomic mass is 19.1. The number of rotatable bonds is 5. The third-order valence-electron chi connectivity index (χ3n) is 5.30. The van der Waals surface area contributed by atoms with Crippen LogP contribution < -0.4 is 5.32 Å². The smallest absolute Gasteiger partial charge is 0.328 e. The van der Waals surface area contributed by atoms with Gasteiger partial charge in [-0.05, 0) is 23.6 Å². The molecule has 2 N–H and O–H groups in total. The minimum absolute atomic E-state index is 0.0882. The Balaban J connectivity index is 1.92. The van der Waals surface area contributed by atoms with Crippen molar-refractivity contribution in [1.29, 1.82) is 0 Å². The van der Waals surface area contributed by atoms with E-state index in [1.54, 1.807) is 23.4 Å². The number of aromatic amines is 1. The van der Waals surface area contributed by atoms with Gasteiger partial charge in [-0.1, -0.05) is 32.4 Å². The molecule has 3 rings (SSSR count). The Kier molecular flexibility index (Phi) is 5.96. The van der Waals surface area contributed by atoms with Gasteiger partial charge in [0.15, 0.2) is 0 Å². The van der Waals surface area contributed by atoms with Crippen molar-refractivity contribution in [3.63, 3.8) is 0 Å². The second-order valence-corrected chi connectivity index (χ2v) is 7.00. The largest absolute Gasteiger partial charge is 0.467 e. The van der Waals surface area contributed by atoms with E-state index < -0.39 is 24.1 Å². The number of carbonyl (C=O) groups excluding carboxylic acids is 2. The number of imidazole rings is 1. The first-order chi connectivity index (χ1) is 13.5. The summed E-state index contributed by atoms with van der Waals surface area (Å²) in [6.45, 7) is 4.24. The SMILES string of the molecule is CC[C@@H](C)[C@H](NC(=O)N1CCc2[nH]cnc2[C@H]1c1cccc(F)c1)C(=O)OC. The van der Waals surface area contributed by atoms with Gasteiger partial charge >= 0.3 is 12.0 Å². The van der Waals surface area contributed by atoms with Crippen LogP contribution in [0.25, 0.3) is 0 Å². The number of aromatic nitrogens is 2. The average Bonchev–Trinajstić information content (AvgIpc) is 3.18. The number of nitrogens with zero attached hydrogens (tertiary/aromatic N) is 2. The number of hydrogen-bond donors (Lipinski definition) is 2. The fourth-order valence-electron chi connectivity index (χ4n) is 3.52. The lowest BCUT2D eigenvalue weighted by Crippen LogP contribution is -2.53. The summed E-state index contributed by atoms with van der Waals surface area (Å²) in [5.74, 6) is -0.954. The van der Waals surface area contributed by atoms with Gasteiger partial charge in [0.1, 0.15) is 17.9 Å². The topological polar surface area (TPSA) is 87.3 Å². The van der Waals surface area contributed by atoms with Gasteiger partial charge < -0.3 is 19.9 Å². The third kappa shape index (κ3) is 3.85. The van der Waals surface area contributed by atoms with E-state index in [4.69, 9.17) is 4.74 Å². The van der Waals surface area contributed by atoms with Crippen molar-refractivity contribution in [1.82, 2.24) is 20.2 Å². The van der Waals surface area contributed by atoms with Crippen LogP contribution in [0.5, 0.6) is 0 Å². The van der Waals surface area contributed by atoms with Crippen LogP contribution in [0.1, 0.15) is 43.3 Å². The summed E-state index contributed by atoms with van der Waals surface area (Å²) in [6.07, 6.45) is 2.88. The Labute approximate surface area is 163 Å². The molecule has 0 saturated heterocycles. The molecular weight excluding hydrogens is 363 g/mol. The quantitative estimate of drug-likeness (QED) is 0.771. The Morgan fingerprint density at radius 3 is 2.93 bits per heavy atom. The van der Waals surface area contributed by atoms with Crippen LogP contribution in [-0.4, -0.2) is 46.6 Å². The highest BCUT2D eigenvalue weighted by Crippen LogP contribution is 2.33. The third-order valence-corrected chi connectivity index (χ3v) is 5.30. The van der Waals surface area contributed by atoms with Gasteiger partial charge in [0.25, 0.3) is 0 Å². The highest BCUT2D eigenvalue weighted by molar-refractivity contribution is 5.84. The first-order valence-electron chi connectivity index (χ1n) is 9.38. The molecule has 1 aliphatic heterocycles. The molecule has 0 fully saturated rings. The minimum Gasteiger partial charge on any atom is -0.467 e. The number of methoxy groups -OCH3 is 1. The average molecular weight is 388 g/mol. The Hall–Kier alpha value is -2.90. The zero-order chi connectivity index (χ0) is 20.3. The number of ether oxygens (including phenoxy) is 1. The van der Waals surface area contributed by atoms with E-state index in [1.165, 1.54) is 19.2 Å². The van der Waals surface area contributed by atoms with E-state index in [0.29, 0.717) is 30.6 Å². The molecule has 150 valence electrons. The first-order valence-corrected chi connectivity index (χ1v) is 9.38. The lowest BCUT2D eigenvalue weighted by Gasteiger charge is -2.36. The van der Waals surface area contributed by atoms with Gasteiger partial charge in [0.05, 0.1) is 19.1 Å². The molecule has 2 amide bonds. The maximum Gasteiger partial charge on any atom is 0.328 e. The van der Waals surface area contributed by atoms with E-state index in [-0.39, 0.29) is 11.7 Å². The number of fused-ring (bicyclic) bond motifs is 1. The summed E-state index contributed by atoms with van der Waals surface area (Å²) >= 11 is 0. The van der Waals surface area contributed by atoms with E-state index >= 15 is 0 Å². The first kappa shape index (κ1) is 19.9. The van der Waals surface area contributed by atoms with Crippen LogP contribution in [-0.2, 0) is 16.0 Å². The molecule has 28 heavy (non-hydrogen) atoms. The fraction of sp³-hybridized carbons (Fsp3) is 0.450. The number of hydrogen-bond acceptors (Lipinski definition) is 4. The van der Waals surface area contributed by atoms with Gasteiger partial charge in [0.2, 0.25) is 0 Å². The number of nitrogens with one attached hydrogen (secondary N) is 2. The summed E-state index contributed by atoms with van der Waals surface area (Å²) in [5, 5.41) is 2.81. The molecule has 0 bridgehead atoms. The predicted molar refractivity (Wildman–Crippen MR) is 101 cm³/mol. The van der Waals surface area contributed by atoms with Crippen molar-refractivity contribution in [3.8, 4) is 0 Å². The van der Waals surface area contributed by atoms with Crippen molar-refractivity contribution in [2.24, 2.45) is 5.92 Å². The van der Waals surface area contributed by atoms with Gasteiger partial charge in [-0.3, -0.25) is 0 Å². The molecule has 1 aromatic carbocycles. The maximum absolute atomic E-state index is 13.9. The van der Waals surface area contributed by atoms with Gasteiger partial charge in [0, 0.05) is 18.7 Å². The number of carbonyl (C=O) groups is 2. The molecular formula is C20H25FN4O3. The standard InChI is InChI=1S/C20H25FN4O3/c1-4-12(2)16(19(26)28-3)24-20(27)25-9-8-15-17(23-11-22-15)18(25)13-6-5-7-14(21)10-13/h5-7,10-12,16,18H,4,8-9H2,1-3H3,(H,22,23)(H,24,27)/t12-,16+,18-/m1/s1. The Bertz CT molecular complexity index is 853. The number of benzene rings is 1. The van der Waals surface area contributed by atoms with Crippen molar-refractivity contribution < 1.29 is 18.7 Å². The Morgan fingerprint density at radius 1 is 1.46 bits per heavy atom. The van der Waals surface area contributed by atoms with Crippen molar-refractivity contribution in [2.45, 2.75) is 38.8 Å². The predicted octanol–water partition coefficient (Wildman–Crippen LogP) is 2.79. The number of esters is 1. The fourth-order valence-corrected chi connectivity index (χ4v) is 3.52.